The van der Waals surface area contributed by atoms with Crippen molar-refractivity contribution in [1.29, 1.82) is 5.26 Å². The fraction of sp³-hybridized carbons (Fsp3) is 0.615. The van der Waals surface area contributed by atoms with Crippen LogP contribution >= 0.6 is 27.3 Å². The molecular formula is C13H16BrNOS. The molecule has 1 saturated carbocycles. The fourth-order valence-electron chi connectivity index (χ4n) is 2.48. The van der Waals surface area contributed by atoms with Crippen LogP contribution in [0.4, 0.5) is 0 Å². The molecule has 1 atom stereocenters. The van der Waals surface area contributed by atoms with Gasteiger partial charge in [0.05, 0.1) is 11.5 Å². The smallest absolute Gasteiger partial charge is 0.108 e. The first-order valence-corrected chi connectivity index (χ1v) is 7.58. The van der Waals surface area contributed by atoms with Crippen molar-refractivity contribution < 1.29 is 5.11 Å². The van der Waals surface area contributed by atoms with Gasteiger partial charge in [-0.3, -0.25) is 0 Å². The summed E-state index contributed by atoms with van der Waals surface area (Å²) in [5.74, 6) is 0.676. The van der Waals surface area contributed by atoms with Crippen LogP contribution in [0.1, 0.15) is 43.6 Å². The number of nitriles is 1. The molecule has 1 aliphatic carbocycles. The Morgan fingerprint density at radius 2 is 2.24 bits per heavy atom. The predicted molar refractivity (Wildman–Crippen MR) is 72.7 cm³/mol. The van der Waals surface area contributed by atoms with Crippen LogP contribution in [-0.4, -0.2) is 5.11 Å². The summed E-state index contributed by atoms with van der Waals surface area (Å²) in [5, 5.41) is 21.9. The molecular weight excluding hydrogens is 298 g/mol. The summed E-state index contributed by atoms with van der Waals surface area (Å²) in [7, 11) is 0. The van der Waals surface area contributed by atoms with E-state index in [9.17, 15) is 10.4 Å². The molecule has 0 spiro atoms. The van der Waals surface area contributed by atoms with E-state index in [0.717, 1.165) is 35.0 Å². The second kappa shape index (κ2) is 5.09. The van der Waals surface area contributed by atoms with Gasteiger partial charge in [0.25, 0.3) is 0 Å². The minimum atomic E-state index is -0.658. The molecule has 0 bridgehead atoms. The third kappa shape index (κ3) is 2.42. The number of nitrogens with zero attached hydrogens (tertiary/aromatic N) is 1. The van der Waals surface area contributed by atoms with Gasteiger partial charge in [0.1, 0.15) is 6.10 Å². The van der Waals surface area contributed by atoms with Crippen LogP contribution in [0.3, 0.4) is 0 Å². The van der Waals surface area contributed by atoms with Crippen molar-refractivity contribution in [2.45, 2.75) is 38.7 Å². The Labute approximate surface area is 114 Å². The standard InChI is InChI=1S/C13H16BrNOS/c1-9-2-5-13(8-15,6-3-9)12(16)11-10(14)4-7-17-11/h4,7,9,12,16H,2-3,5-6H2,1H3. The molecule has 1 aromatic rings. The lowest BCUT2D eigenvalue weighted by Gasteiger charge is -2.37. The predicted octanol–water partition coefficient (Wildman–Crippen LogP) is 4.26. The second-order valence-electron chi connectivity index (χ2n) is 4.99. The lowest BCUT2D eigenvalue weighted by atomic mass is 9.68. The molecule has 0 saturated heterocycles. The van der Waals surface area contributed by atoms with Gasteiger partial charge in [0.2, 0.25) is 0 Å². The zero-order valence-corrected chi connectivity index (χ0v) is 12.2. The Morgan fingerprint density at radius 1 is 1.59 bits per heavy atom. The van der Waals surface area contributed by atoms with E-state index in [1.165, 1.54) is 11.3 Å². The van der Waals surface area contributed by atoms with Crippen molar-refractivity contribution in [2.75, 3.05) is 0 Å². The minimum Gasteiger partial charge on any atom is -0.386 e. The zero-order chi connectivity index (χ0) is 12.5. The van der Waals surface area contributed by atoms with Crippen LogP contribution in [0, 0.1) is 22.7 Å². The van der Waals surface area contributed by atoms with Gasteiger partial charge in [-0.2, -0.15) is 5.26 Å². The van der Waals surface area contributed by atoms with Gasteiger partial charge in [-0.05, 0) is 59.0 Å². The molecule has 92 valence electrons. The van der Waals surface area contributed by atoms with Crippen molar-refractivity contribution in [3.63, 3.8) is 0 Å². The molecule has 1 unspecified atom stereocenters. The molecule has 1 heterocycles. The van der Waals surface area contributed by atoms with Gasteiger partial charge in [-0.15, -0.1) is 11.3 Å². The average Bonchev–Trinajstić information content (AvgIpc) is 2.76. The maximum absolute atomic E-state index is 10.5. The highest BCUT2D eigenvalue weighted by molar-refractivity contribution is 9.10. The van der Waals surface area contributed by atoms with Crippen molar-refractivity contribution in [3.05, 3.63) is 20.8 Å². The molecule has 2 nitrogen and oxygen atoms in total. The van der Waals surface area contributed by atoms with Gasteiger partial charge in [0.15, 0.2) is 0 Å². The lowest BCUT2D eigenvalue weighted by molar-refractivity contribution is 0.0287. The summed E-state index contributed by atoms with van der Waals surface area (Å²) < 4.78 is 0.920. The van der Waals surface area contributed by atoms with Crippen LogP contribution in [0.15, 0.2) is 15.9 Å². The Kier molecular flexibility index (Phi) is 3.92. The van der Waals surface area contributed by atoms with Gasteiger partial charge >= 0.3 is 0 Å². The highest BCUT2D eigenvalue weighted by atomic mass is 79.9. The molecule has 1 N–H and O–H groups in total. The van der Waals surface area contributed by atoms with E-state index in [1.807, 2.05) is 11.4 Å². The van der Waals surface area contributed by atoms with Crippen molar-refractivity contribution >= 4 is 27.3 Å². The Balaban J connectivity index is 2.25. The van der Waals surface area contributed by atoms with E-state index in [4.69, 9.17) is 0 Å². The molecule has 0 aromatic carbocycles. The summed E-state index contributed by atoms with van der Waals surface area (Å²) >= 11 is 4.96. The summed E-state index contributed by atoms with van der Waals surface area (Å²) in [6.07, 6.45) is 3.02. The number of rotatable bonds is 2. The first-order chi connectivity index (χ1) is 8.09. The summed E-state index contributed by atoms with van der Waals surface area (Å²) in [4.78, 5) is 0.890. The first kappa shape index (κ1) is 13.1. The lowest BCUT2D eigenvalue weighted by Crippen LogP contribution is -2.31. The number of aliphatic hydroxyl groups is 1. The van der Waals surface area contributed by atoms with Gasteiger partial charge in [-0.25, -0.2) is 0 Å². The molecule has 17 heavy (non-hydrogen) atoms. The van der Waals surface area contributed by atoms with Crippen LogP contribution < -0.4 is 0 Å². The summed E-state index contributed by atoms with van der Waals surface area (Å²) in [6.45, 7) is 2.22. The van der Waals surface area contributed by atoms with Gasteiger partial charge in [-0.1, -0.05) is 6.92 Å². The molecule has 0 amide bonds. The van der Waals surface area contributed by atoms with E-state index < -0.39 is 11.5 Å². The van der Waals surface area contributed by atoms with Crippen LogP contribution in [0.5, 0.6) is 0 Å². The minimum absolute atomic E-state index is 0.583. The second-order valence-corrected chi connectivity index (χ2v) is 6.79. The monoisotopic (exact) mass is 313 g/mol. The molecule has 1 fully saturated rings. The average molecular weight is 314 g/mol. The third-order valence-electron chi connectivity index (χ3n) is 3.81. The number of hydrogen-bond donors (Lipinski definition) is 1. The van der Waals surface area contributed by atoms with E-state index in [1.54, 1.807) is 0 Å². The molecule has 0 aliphatic heterocycles. The first-order valence-electron chi connectivity index (χ1n) is 5.91. The molecule has 1 aliphatic rings. The molecule has 0 radical (unpaired) electrons. The van der Waals surface area contributed by atoms with E-state index >= 15 is 0 Å². The quantitative estimate of drug-likeness (QED) is 0.886. The van der Waals surface area contributed by atoms with Gasteiger partial charge in [0, 0.05) is 9.35 Å². The number of aliphatic hydroxyl groups excluding tert-OH is 1. The zero-order valence-electron chi connectivity index (χ0n) is 9.82. The van der Waals surface area contributed by atoms with Crippen molar-refractivity contribution in [1.82, 2.24) is 0 Å². The van der Waals surface area contributed by atoms with E-state index in [-0.39, 0.29) is 0 Å². The SMILES string of the molecule is CC1CCC(C#N)(C(O)c2sccc2Br)CC1. The van der Waals surface area contributed by atoms with Crippen LogP contribution in [0.25, 0.3) is 0 Å². The Hall–Kier alpha value is -0.370. The maximum Gasteiger partial charge on any atom is 0.108 e. The number of hydrogen-bond acceptors (Lipinski definition) is 3. The topological polar surface area (TPSA) is 44.0 Å². The van der Waals surface area contributed by atoms with Crippen molar-refractivity contribution in [3.8, 4) is 6.07 Å². The third-order valence-corrected chi connectivity index (χ3v) is 5.73. The number of halogens is 1. The van der Waals surface area contributed by atoms with Crippen LogP contribution in [0.2, 0.25) is 0 Å². The Bertz CT molecular complexity index is 429. The highest BCUT2D eigenvalue weighted by Crippen LogP contribution is 2.49. The largest absolute Gasteiger partial charge is 0.386 e. The fourth-order valence-corrected chi connectivity index (χ4v) is 4.17. The van der Waals surface area contributed by atoms with Gasteiger partial charge < -0.3 is 5.11 Å². The van der Waals surface area contributed by atoms with E-state index in [0.29, 0.717) is 5.92 Å². The normalized spacial score (nSPS) is 30.8. The molecule has 1 aromatic heterocycles. The highest BCUT2D eigenvalue weighted by Gasteiger charge is 2.42. The van der Waals surface area contributed by atoms with Crippen LogP contribution in [-0.2, 0) is 0 Å². The molecule has 2 rings (SSSR count). The Morgan fingerprint density at radius 3 is 2.71 bits per heavy atom. The number of thiophene rings is 1. The molecule has 4 heteroatoms. The van der Waals surface area contributed by atoms with Crippen molar-refractivity contribution in [2.24, 2.45) is 11.3 Å². The van der Waals surface area contributed by atoms with E-state index in [2.05, 4.69) is 28.9 Å². The summed E-state index contributed by atoms with van der Waals surface area (Å²) in [6, 6.07) is 4.32. The summed E-state index contributed by atoms with van der Waals surface area (Å²) in [5.41, 5.74) is -0.583. The maximum atomic E-state index is 10.5.